The second-order valence-electron chi connectivity index (χ2n) is 4.58. The summed E-state index contributed by atoms with van der Waals surface area (Å²) in [5.41, 5.74) is 7.07. The van der Waals surface area contributed by atoms with Crippen LogP contribution in [-0.2, 0) is 10.0 Å². The van der Waals surface area contributed by atoms with Crippen molar-refractivity contribution in [2.75, 3.05) is 18.9 Å². The van der Waals surface area contributed by atoms with Crippen LogP contribution < -0.4 is 15.2 Å². The molecule has 2 aromatic rings. The van der Waals surface area contributed by atoms with E-state index in [4.69, 9.17) is 10.5 Å². The van der Waals surface area contributed by atoms with Crippen LogP contribution in [0.4, 0.5) is 5.69 Å². The Hall–Kier alpha value is -2.05. The summed E-state index contributed by atoms with van der Waals surface area (Å²) >= 11 is 0. The third-order valence-corrected chi connectivity index (χ3v) is 4.41. The fourth-order valence-corrected chi connectivity index (χ4v) is 2.80. The van der Waals surface area contributed by atoms with Crippen molar-refractivity contribution in [3.05, 3.63) is 54.1 Å². The van der Waals surface area contributed by atoms with Crippen LogP contribution in [0.3, 0.4) is 0 Å². The third kappa shape index (κ3) is 4.21. The molecule has 0 heterocycles. The zero-order valence-corrected chi connectivity index (χ0v) is 12.6. The highest BCUT2D eigenvalue weighted by Crippen LogP contribution is 2.16. The molecule has 0 aliphatic heterocycles. The van der Waals surface area contributed by atoms with E-state index < -0.39 is 10.0 Å². The molecule has 2 rings (SSSR count). The van der Waals surface area contributed by atoms with Gasteiger partial charge in [-0.2, -0.15) is 0 Å². The normalized spacial score (nSPS) is 11.3. The summed E-state index contributed by atoms with van der Waals surface area (Å²) in [5.74, 6) is 0.754. The molecule has 2 aromatic carbocycles. The van der Waals surface area contributed by atoms with Crippen molar-refractivity contribution in [1.82, 2.24) is 4.72 Å². The van der Waals surface area contributed by atoms with Gasteiger partial charge in [0, 0.05) is 12.2 Å². The van der Waals surface area contributed by atoms with Crippen LogP contribution >= 0.6 is 0 Å². The highest BCUT2D eigenvalue weighted by Gasteiger charge is 2.12. The van der Waals surface area contributed by atoms with Crippen molar-refractivity contribution in [2.24, 2.45) is 0 Å². The van der Waals surface area contributed by atoms with Gasteiger partial charge in [-0.1, -0.05) is 18.2 Å². The van der Waals surface area contributed by atoms with E-state index in [1.165, 1.54) is 12.1 Å². The maximum atomic E-state index is 12.0. The van der Waals surface area contributed by atoms with Gasteiger partial charge in [0.15, 0.2) is 0 Å². The second kappa shape index (κ2) is 6.60. The number of hydrogen-bond acceptors (Lipinski definition) is 4. The molecule has 0 bridgehead atoms. The van der Waals surface area contributed by atoms with E-state index in [1.54, 1.807) is 12.1 Å². The minimum absolute atomic E-state index is 0.188. The first kappa shape index (κ1) is 15.3. The van der Waals surface area contributed by atoms with E-state index >= 15 is 0 Å². The third-order valence-electron chi connectivity index (χ3n) is 2.94. The maximum absolute atomic E-state index is 12.0. The van der Waals surface area contributed by atoms with Gasteiger partial charge in [-0.05, 0) is 42.8 Å². The van der Waals surface area contributed by atoms with Crippen LogP contribution in [0.15, 0.2) is 53.4 Å². The average Bonchev–Trinajstić information content (AvgIpc) is 2.46. The second-order valence-corrected chi connectivity index (χ2v) is 6.35. The number of hydrogen-bond donors (Lipinski definition) is 2. The first-order valence-corrected chi connectivity index (χ1v) is 8.01. The molecule has 0 unspecified atom stereocenters. The predicted molar refractivity (Wildman–Crippen MR) is 82.7 cm³/mol. The summed E-state index contributed by atoms with van der Waals surface area (Å²) in [7, 11) is -3.53. The van der Waals surface area contributed by atoms with Crippen LogP contribution in [0.1, 0.15) is 5.56 Å². The van der Waals surface area contributed by atoms with Gasteiger partial charge in [0.1, 0.15) is 12.4 Å². The van der Waals surface area contributed by atoms with Crippen LogP contribution in [0.25, 0.3) is 0 Å². The summed E-state index contributed by atoms with van der Waals surface area (Å²) in [6.45, 7) is 2.40. The molecular weight excluding hydrogens is 288 g/mol. The first-order chi connectivity index (χ1) is 9.99. The number of nitrogens with two attached hydrogens (primary N) is 1. The zero-order valence-electron chi connectivity index (χ0n) is 11.7. The molecule has 0 aliphatic carbocycles. The molecule has 0 spiro atoms. The molecule has 112 valence electrons. The quantitative estimate of drug-likeness (QED) is 0.631. The Morgan fingerprint density at radius 3 is 2.43 bits per heavy atom. The van der Waals surface area contributed by atoms with Crippen molar-refractivity contribution in [3.63, 3.8) is 0 Å². The van der Waals surface area contributed by atoms with Crippen molar-refractivity contribution in [2.45, 2.75) is 11.8 Å². The molecule has 0 radical (unpaired) electrons. The predicted octanol–water partition coefficient (Wildman–Crippen LogP) is 1.93. The van der Waals surface area contributed by atoms with Gasteiger partial charge in [-0.15, -0.1) is 0 Å². The lowest BCUT2D eigenvalue weighted by atomic mass is 10.2. The molecule has 0 amide bonds. The molecule has 0 saturated carbocycles. The Bertz CT molecular complexity index is 697. The van der Waals surface area contributed by atoms with Gasteiger partial charge in [0.25, 0.3) is 0 Å². The van der Waals surface area contributed by atoms with Crippen molar-refractivity contribution in [1.29, 1.82) is 0 Å². The van der Waals surface area contributed by atoms with Gasteiger partial charge >= 0.3 is 0 Å². The van der Waals surface area contributed by atoms with E-state index in [0.29, 0.717) is 5.69 Å². The topological polar surface area (TPSA) is 81.4 Å². The molecule has 0 aliphatic rings. The Balaban J connectivity index is 1.88. The lowest BCUT2D eigenvalue weighted by Gasteiger charge is -2.10. The Kier molecular flexibility index (Phi) is 4.82. The molecule has 6 heteroatoms. The monoisotopic (exact) mass is 306 g/mol. The molecule has 0 fully saturated rings. The van der Waals surface area contributed by atoms with E-state index in [1.807, 2.05) is 31.2 Å². The van der Waals surface area contributed by atoms with Gasteiger partial charge < -0.3 is 10.5 Å². The Labute approximate surface area is 124 Å². The van der Waals surface area contributed by atoms with Crippen LogP contribution in [0.5, 0.6) is 5.75 Å². The number of sulfonamides is 1. The van der Waals surface area contributed by atoms with E-state index in [0.717, 1.165) is 11.3 Å². The van der Waals surface area contributed by atoms with Crippen LogP contribution in [-0.4, -0.2) is 21.6 Å². The summed E-state index contributed by atoms with van der Waals surface area (Å²) in [5, 5.41) is 0. The number of para-hydroxylation sites is 1. The van der Waals surface area contributed by atoms with Crippen LogP contribution in [0, 0.1) is 6.92 Å². The number of nitrogen functional groups attached to an aromatic ring is 1. The summed E-state index contributed by atoms with van der Waals surface area (Å²) in [6, 6.07) is 13.6. The number of anilines is 1. The molecule has 3 N–H and O–H groups in total. The summed E-state index contributed by atoms with van der Waals surface area (Å²) in [4.78, 5) is 0.188. The number of nitrogens with one attached hydrogen (secondary N) is 1. The molecule has 5 nitrogen and oxygen atoms in total. The SMILES string of the molecule is Cc1ccccc1OCCNS(=O)(=O)c1ccc(N)cc1. The van der Waals surface area contributed by atoms with Gasteiger partial charge in [-0.25, -0.2) is 13.1 Å². The Morgan fingerprint density at radius 2 is 1.76 bits per heavy atom. The van der Waals surface area contributed by atoms with Crippen molar-refractivity contribution >= 4 is 15.7 Å². The van der Waals surface area contributed by atoms with E-state index in [2.05, 4.69) is 4.72 Å². The fraction of sp³-hybridized carbons (Fsp3) is 0.200. The largest absolute Gasteiger partial charge is 0.492 e. The molecule has 0 saturated heterocycles. The number of benzene rings is 2. The van der Waals surface area contributed by atoms with Crippen molar-refractivity contribution in [3.8, 4) is 5.75 Å². The van der Waals surface area contributed by atoms with Gasteiger partial charge in [0.05, 0.1) is 4.90 Å². The van der Waals surface area contributed by atoms with E-state index in [9.17, 15) is 8.42 Å². The highest BCUT2D eigenvalue weighted by molar-refractivity contribution is 7.89. The average molecular weight is 306 g/mol. The first-order valence-electron chi connectivity index (χ1n) is 6.53. The fourth-order valence-electron chi connectivity index (χ4n) is 1.79. The number of ether oxygens (including phenoxy) is 1. The maximum Gasteiger partial charge on any atom is 0.240 e. The molecular formula is C15H18N2O3S. The lowest BCUT2D eigenvalue weighted by Crippen LogP contribution is -2.28. The van der Waals surface area contributed by atoms with Crippen molar-refractivity contribution < 1.29 is 13.2 Å². The molecule has 0 aromatic heterocycles. The zero-order chi connectivity index (χ0) is 15.3. The minimum Gasteiger partial charge on any atom is -0.492 e. The van der Waals surface area contributed by atoms with Gasteiger partial charge in [-0.3, -0.25) is 0 Å². The summed E-state index contributed by atoms with van der Waals surface area (Å²) < 4.78 is 32.1. The Morgan fingerprint density at radius 1 is 1.10 bits per heavy atom. The molecule has 21 heavy (non-hydrogen) atoms. The van der Waals surface area contributed by atoms with Gasteiger partial charge in [0.2, 0.25) is 10.0 Å². The highest BCUT2D eigenvalue weighted by atomic mass is 32.2. The standard InChI is InChI=1S/C15H18N2O3S/c1-12-4-2-3-5-15(12)20-11-10-17-21(18,19)14-8-6-13(16)7-9-14/h2-9,17H,10-11,16H2,1H3. The smallest absolute Gasteiger partial charge is 0.240 e. The van der Waals surface area contributed by atoms with E-state index in [-0.39, 0.29) is 18.0 Å². The summed E-state index contributed by atoms with van der Waals surface area (Å²) in [6.07, 6.45) is 0. The number of rotatable bonds is 6. The minimum atomic E-state index is -3.53. The number of aryl methyl sites for hydroxylation is 1. The lowest BCUT2D eigenvalue weighted by molar-refractivity contribution is 0.320. The van der Waals surface area contributed by atoms with Crippen LogP contribution in [0.2, 0.25) is 0 Å². The molecule has 0 atom stereocenters.